The average molecular weight is 507 g/mol. The van der Waals surface area contributed by atoms with Crippen LogP contribution in [-0.4, -0.2) is 99.2 Å². The second-order valence-electron chi connectivity index (χ2n) is 8.35. The number of likely N-dealkylation sites (N-methyl/N-ethyl adjacent to an activating group) is 1. The fourth-order valence-corrected chi connectivity index (χ4v) is 4.35. The standard InChI is InChI=1S/C20H37N5O2.HI/c1-23(2)19(26)15-22-20(21-14-17-6-4-3-5-7-17)25-9-8-18(16-25)24-10-12-27-13-11-24;/h17-18H,3-16H2,1-2H3,(H,21,22);1H. The number of ether oxygens (including phenoxy) is 1. The molecule has 162 valence electrons. The molecule has 7 nitrogen and oxygen atoms in total. The summed E-state index contributed by atoms with van der Waals surface area (Å²) in [5.41, 5.74) is 0. The third kappa shape index (κ3) is 7.02. The lowest BCUT2D eigenvalue weighted by Gasteiger charge is -2.32. The number of amides is 1. The summed E-state index contributed by atoms with van der Waals surface area (Å²) < 4.78 is 5.49. The Morgan fingerprint density at radius 1 is 1.11 bits per heavy atom. The maximum Gasteiger partial charge on any atom is 0.243 e. The fourth-order valence-electron chi connectivity index (χ4n) is 4.35. The molecule has 0 aromatic heterocycles. The van der Waals surface area contributed by atoms with Crippen LogP contribution in [0.15, 0.2) is 4.99 Å². The van der Waals surface area contributed by atoms with Crippen molar-refractivity contribution < 1.29 is 9.53 Å². The lowest BCUT2D eigenvalue weighted by molar-refractivity contribution is -0.127. The lowest BCUT2D eigenvalue weighted by atomic mass is 9.89. The minimum atomic E-state index is 0. The number of nitrogens with one attached hydrogen (secondary N) is 1. The Morgan fingerprint density at radius 2 is 1.82 bits per heavy atom. The number of nitrogens with zero attached hydrogens (tertiary/aromatic N) is 4. The number of hydrogen-bond acceptors (Lipinski definition) is 4. The second-order valence-corrected chi connectivity index (χ2v) is 8.35. The molecule has 3 rings (SSSR count). The van der Waals surface area contributed by atoms with Gasteiger partial charge in [-0.1, -0.05) is 19.3 Å². The first-order valence-corrected chi connectivity index (χ1v) is 10.7. The molecule has 2 saturated heterocycles. The molecule has 2 heterocycles. The van der Waals surface area contributed by atoms with Crippen LogP contribution in [0.2, 0.25) is 0 Å². The van der Waals surface area contributed by atoms with E-state index < -0.39 is 0 Å². The quantitative estimate of drug-likeness (QED) is 0.348. The minimum absolute atomic E-state index is 0. The van der Waals surface area contributed by atoms with Crippen molar-refractivity contribution in [3.63, 3.8) is 0 Å². The Hall–Kier alpha value is -0.610. The van der Waals surface area contributed by atoms with E-state index >= 15 is 0 Å². The number of aliphatic imine (C=N–C) groups is 1. The summed E-state index contributed by atoms with van der Waals surface area (Å²) in [7, 11) is 3.58. The molecule has 3 aliphatic rings. The fraction of sp³-hybridized carbons (Fsp3) is 0.900. The Bertz CT molecular complexity index is 505. The number of hydrogen-bond donors (Lipinski definition) is 1. The van der Waals surface area contributed by atoms with Crippen LogP contribution in [0.4, 0.5) is 0 Å². The van der Waals surface area contributed by atoms with Crippen molar-refractivity contribution >= 4 is 35.8 Å². The van der Waals surface area contributed by atoms with E-state index in [1.165, 1.54) is 32.1 Å². The Balaban J connectivity index is 0.00000280. The molecule has 0 spiro atoms. The van der Waals surface area contributed by atoms with Crippen molar-refractivity contribution in [2.24, 2.45) is 10.9 Å². The highest BCUT2D eigenvalue weighted by atomic mass is 127. The topological polar surface area (TPSA) is 60.4 Å². The zero-order valence-electron chi connectivity index (χ0n) is 17.6. The Morgan fingerprint density at radius 3 is 2.50 bits per heavy atom. The maximum absolute atomic E-state index is 12.0. The van der Waals surface area contributed by atoms with Crippen LogP contribution in [0, 0.1) is 5.92 Å². The van der Waals surface area contributed by atoms with Crippen LogP contribution in [0.1, 0.15) is 38.5 Å². The van der Waals surface area contributed by atoms with Crippen molar-refractivity contribution in [3.05, 3.63) is 0 Å². The zero-order valence-corrected chi connectivity index (χ0v) is 19.9. The molecular formula is C20H38IN5O2. The van der Waals surface area contributed by atoms with Crippen LogP contribution in [-0.2, 0) is 9.53 Å². The highest BCUT2D eigenvalue weighted by Crippen LogP contribution is 2.23. The van der Waals surface area contributed by atoms with E-state index in [9.17, 15) is 4.79 Å². The molecule has 0 aromatic rings. The molecule has 2 aliphatic heterocycles. The van der Waals surface area contributed by atoms with Crippen molar-refractivity contribution in [3.8, 4) is 0 Å². The third-order valence-corrected chi connectivity index (χ3v) is 6.16. The number of morpholine rings is 1. The number of carbonyl (C=O) groups excluding carboxylic acids is 1. The number of carbonyl (C=O) groups is 1. The summed E-state index contributed by atoms with van der Waals surface area (Å²) in [6, 6.07) is 0.570. The van der Waals surface area contributed by atoms with Crippen molar-refractivity contribution in [1.82, 2.24) is 20.0 Å². The highest BCUT2D eigenvalue weighted by Gasteiger charge is 2.30. The lowest BCUT2D eigenvalue weighted by Crippen LogP contribution is -2.47. The van der Waals surface area contributed by atoms with E-state index in [4.69, 9.17) is 4.74 Å². The molecule has 0 aromatic carbocycles. The van der Waals surface area contributed by atoms with Crippen molar-refractivity contribution in [2.45, 2.75) is 44.6 Å². The van der Waals surface area contributed by atoms with Gasteiger partial charge in [-0.3, -0.25) is 9.69 Å². The highest BCUT2D eigenvalue weighted by molar-refractivity contribution is 14.0. The van der Waals surface area contributed by atoms with E-state index in [-0.39, 0.29) is 36.4 Å². The van der Waals surface area contributed by atoms with Gasteiger partial charge in [-0.15, -0.1) is 24.0 Å². The van der Waals surface area contributed by atoms with Crippen LogP contribution in [0.3, 0.4) is 0 Å². The van der Waals surface area contributed by atoms with E-state index in [0.717, 1.165) is 64.2 Å². The Kier molecular flexibility index (Phi) is 10.3. The van der Waals surface area contributed by atoms with Gasteiger partial charge in [0.1, 0.15) is 6.54 Å². The first-order valence-electron chi connectivity index (χ1n) is 10.7. The Labute approximate surface area is 187 Å². The summed E-state index contributed by atoms with van der Waals surface area (Å²) in [5, 5.41) is 3.61. The predicted molar refractivity (Wildman–Crippen MR) is 123 cm³/mol. The van der Waals surface area contributed by atoms with Crippen molar-refractivity contribution in [2.75, 3.05) is 66.6 Å². The minimum Gasteiger partial charge on any atom is -0.379 e. The molecule has 0 radical (unpaired) electrons. The van der Waals surface area contributed by atoms with Gasteiger partial charge in [-0.25, -0.2) is 4.99 Å². The van der Waals surface area contributed by atoms with Crippen LogP contribution < -0.4 is 5.32 Å². The number of halogens is 1. The zero-order chi connectivity index (χ0) is 19.1. The molecule has 28 heavy (non-hydrogen) atoms. The summed E-state index contributed by atoms with van der Waals surface area (Å²) in [6.07, 6.45) is 7.86. The van der Waals surface area contributed by atoms with E-state index in [0.29, 0.717) is 6.04 Å². The SMILES string of the molecule is CN(C)C(=O)CN=C(NCC1CCCCC1)N1CCC(N2CCOCC2)C1.I. The van der Waals surface area contributed by atoms with Crippen molar-refractivity contribution in [1.29, 1.82) is 0 Å². The van der Waals surface area contributed by atoms with Crippen LogP contribution in [0.5, 0.6) is 0 Å². The van der Waals surface area contributed by atoms with Crippen LogP contribution >= 0.6 is 24.0 Å². The normalized spacial score (nSPS) is 24.7. The average Bonchev–Trinajstić information content (AvgIpc) is 3.19. The summed E-state index contributed by atoms with van der Waals surface area (Å²) in [5.74, 6) is 1.72. The van der Waals surface area contributed by atoms with Gasteiger partial charge in [0.05, 0.1) is 13.2 Å². The van der Waals surface area contributed by atoms with E-state index in [1.54, 1.807) is 19.0 Å². The molecule has 1 N–H and O–H groups in total. The van der Waals surface area contributed by atoms with E-state index in [1.807, 2.05) is 0 Å². The molecule has 1 amide bonds. The van der Waals surface area contributed by atoms with Gasteiger partial charge in [0.15, 0.2) is 5.96 Å². The molecule has 8 heteroatoms. The number of likely N-dealkylation sites (tertiary alicyclic amines) is 1. The third-order valence-electron chi connectivity index (χ3n) is 6.16. The molecule has 1 saturated carbocycles. The van der Waals surface area contributed by atoms with Gasteiger partial charge in [0, 0.05) is 52.9 Å². The van der Waals surface area contributed by atoms with Gasteiger partial charge < -0.3 is 19.9 Å². The molecule has 0 bridgehead atoms. The molecule has 1 aliphatic carbocycles. The van der Waals surface area contributed by atoms with Gasteiger partial charge in [-0.05, 0) is 25.2 Å². The molecule has 1 atom stereocenters. The monoisotopic (exact) mass is 507 g/mol. The largest absolute Gasteiger partial charge is 0.379 e. The smallest absolute Gasteiger partial charge is 0.243 e. The molecular weight excluding hydrogens is 469 g/mol. The summed E-state index contributed by atoms with van der Waals surface area (Å²) in [6.45, 7) is 6.94. The number of guanidine groups is 1. The maximum atomic E-state index is 12.0. The van der Waals surface area contributed by atoms with E-state index in [2.05, 4.69) is 20.1 Å². The van der Waals surface area contributed by atoms with Crippen LogP contribution in [0.25, 0.3) is 0 Å². The van der Waals surface area contributed by atoms with Gasteiger partial charge in [0.25, 0.3) is 0 Å². The molecule has 1 unspecified atom stereocenters. The van der Waals surface area contributed by atoms with Gasteiger partial charge in [0.2, 0.25) is 5.91 Å². The summed E-state index contributed by atoms with van der Waals surface area (Å²) >= 11 is 0. The van der Waals surface area contributed by atoms with Gasteiger partial charge >= 0.3 is 0 Å². The predicted octanol–water partition coefficient (Wildman–Crippen LogP) is 1.62. The molecule has 3 fully saturated rings. The van der Waals surface area contributed by atoms with Gasteiger partial charge in [-0.2, -0.15) is 0 Å². The first kappa shape index (κ1) is 23.7. The number of rotatable bonds is 5. The second kappa shape index (κ2) is 12.2. The summed E-state index contributed by atoms with van der Waals surface area (Å²) in [4.78, 5) is 23.2. The first-order chi connectivity index (χ1) is 13.1.